The minimum atomic E-state index is -4.62. The molecule has 1 aromatic carbocycles. The van der Waals surface area contributed by atoms with E-state index in [9.17, 15) is 21.6 Å². The van der Waals surface area contributed by atoms with Crippen LogP contribution in [0, 0.1) is 13.8 Å². The molecule has 0 unspecified atom stereocenters. The molecule has 0 spiro atoms. The lowest BCUT2D eigenvalue weighted by Crippen LogP contribution is -2.34. The Hall–Kier alpha value is -1.12. The summed E-state index contributed by atoms with van der Waals surface area (Å²) in [5.41, 5.74) is 1.27. The molecule has 0 bridgehead atoms. The summed E-state index contributed by atoms with van der Waals surface area (Å²) in [6, 6.07) is 2.75. The van der Waals surface area contributed by atoms with E-state index in [-0.39, 0.29) is 11.5 Å². The molecular formula is C11H14F3NO3S. The van der Waals surface area contributed by atoms with Crippen molar-refractivity contribution in [3.05, 3.63) is 28.8 Å². The number of aliphatic hydroxyl groups is 1. The zero-order chi connectivity index (χ0) is 14.8. The second-order valence-corrected chi connectivity index (χ2v) is 5.87. The van der Waals surface area contributed by atoms with Gasteiger partial charge in [-0.3, -0.25) is 0 Å². The Balaban J connectivity index is 3.17. The van der Waals surface area contributed by atoms with E-state index >= 15 is 0 Å². The first-order valence-corrected chi connectivity index (χ1v) is 6.82. The van der Waals surface area contributed by atoms with Crippen LogP contribution < -0.4 is 4.72 Å². The number of alkyl halides is 3. The molecule has 0 fully saturated rings. The van der Waals surface area contributed by atoms with Gasteiger partial charge in [-0.15, -0.1) is 0 Å². The maximum Gasteiger partial charge on any atom is 0.402 e. The number of rotatable bonds is 4. The van der Waals surface area contributed by atoms with E-state index in [1.54, 1.807) is 13.0 Å². The predicted octanol–water partition coefficient (Wildman–Crippen LogP) is 1.64. The molecule has 19 heavy (non-hydrogen) atoms. The van der Waals surface area contributed by atoms with E-state index in [0.717, 1.165) is 0 Å². The summed E-state index contributed by atoms with van der Waals surface area (Å²) in [6.45, 7) is 1.11. The molecule has 0 saturated carbocycles. The average Bonchev–Trinajstić information content (AvgIpc) is 2.29. The van der Waals surface area contributed by atoms with Crippen LogP contribution in [0.2, 0.25) is 0 Å². The molecule has 108 valence electrons. The molecule has 0 radical (unpaired) electrons. The quantitative estimate of drug-likeness (QED) is 0.888. The Bertz CT molecular complexity index is 567. The first-order valence-electron chi connectivity index (χ1n) is 5.34. The van der Waals surface area contributed by atoms with Gasteiger partial charge < -0.3 is 5.11 Å². The number of hydrogen-bond donors (Lipinski definition) is 2. The Morgan fingerprint density at radius 3 is 2.32 bits per heavy atom. The average molecular weight is 297 g/mol. The second kappa shape index (κ2) is 5.48. The van der Waals surface area contributed by atoms with Crippen LogP contribution in [0.1, 0.15) is 16.7 Å². The normalized spacial score (nSPS) is 12.7. The number of benzene rings is 1. The molecule has 0 aliphatic carbocycles. The Morgan fingerprint density at radius 2 is 1.84 bits per heavy atom. The summed E-state index contributed by atoms with van der Waals surface area (Å²) >= 11 is 0. The van der Waals surface area contributed by atoms with Gasteiger partial charge in [0.05, 0.1) is 11.5 Å². The molecule has 0 aliphatic heterocycles. The van der Waals surface area contributed by atoms with Gasteiger partial charge in [-0.05, 0) is 36.6 Å². The van der Waals surface area contributed by atoms with Crippen molar-refractivity contribution in [1.82, 2.24) is 4.72 Å². The van der Waals surface area contributed by atoms with Crippen molar-refractivity contribution in [2.24, 2.45) is 0 Å². The third kappa shape index (κ3) is 4.19. The van der Waals surface area contributed by atoms with Gasteiger partial charge in [-0.1, -0.05) is 6.07 Å². The standard InChI is InChI=1S/C11H14F3NO3S/c1-7-3-9(5-16)4-10(8(7)2)19(17,18)15-6-11(12,13)14/h3-4,15-16H,5-6H2,1-2H3. The summed E-state index contributed by atoms with van der Waals surface area (Å²) in [4.78, 5) is -0.249. The van der Waals surface area contributed by atoms with Crippen LogP contribution in [-0.4, -0.2) is 26.2 Å². The lowest BCUT2D eigenvalue weighted by atomic mass is 10.1. The number of sulfonamides is 1. The highest BCUT2D eigenvalue weighted by Gasteiger charge is 2.30. The molecule has 0 amide bonds. The minimum Gasteiger partial charge on any atom is -0.392 e. The van der Waals surface area contributed by atoms with Gasteiger partial charge in [-0.25, -0.2) is 13.1 Å². The highest BCUT2D eigenvalue weighted by molar-refractivity contribution is 7.89. The molecule has 0 aliphatic rings. The van der Waals surface area contributed by atoms with Gasteiger partial charge in [-0.2, -0.15) is 13.2 Å². The van der Waals surface area contributed by atoms with Crippen molar-refractivity contribution < 1.29 is 26.7 Å². The van der Waals surface area contributed by atoms with E-state index in [1.807, 2.05) is 0 Å². The van der Waals surface area contributed by atoms with Crippen LogP contribution >= 0.6 is 0 Å². The van der Waals surface area contributed by atoms with Crippen molar-refractivity contribution in [1.29, 1.82) is 0 Å². The monoisotopic (exact) mass is 297 g/mol. The molecule has 1 rings (SSSR count). The highest BCUT2D eigenvalue weighted by atomic mass is 32.2. The SMILES string of the molecule is Cc1cc(CO)cc(S(=O)(=O)NCC(F)(F)F)c1C. The van der Waals surface area contributed by atoms with Crippen LogP contribution in [0.4, 0.5) is 13.2 Å². The lowest BCUT2D eigenvalue weighted by Gasteiger charge is -2.14. The van der Waals surface area contributed by atoms with E-state index < -0.39 is 22.7 Å². The summed E-state index contributed by atoms with van der Waals surface area (Å²) < 4.78 is 61.3. The smallest absolute Gasteiger partial charge is 0.392 e. The largest absolute Gasteiger partial charge is 0.402 e. The molecule has 8 heteroatoms. The van der Waals surface area contributed by atoms with Gasteiger partial charge in [0.15, 0.2) is 0 Å². The molecular weight excluding hydrogens is 283 g/mol. The van der Waals surface area contributed by atoms with Crippen LogP contribution in [0.5, 0.6) is 0 Å². The zero-order valence-corrected chi connectivity index (χ0v) is 11.2. The van der Waals surface area contributed by atoms with E-state index in [0.29, 0.717) is 16.7 Å². The molecule has 0 aromatic heterocycles. The highest BCUT2D eigenvalue weighted by Crippen LogP contribution is 2.22. The maximum absolute atomic E-state index is 12.1. The predicted molar refractivity (Wildman–Crippen MR) is 63.1 cm³/mol. The van der Waals surface area contributed by atoms with Gasteiger partial charge in [0.2, 0.25) is 10.0 Å². The van der Waals surface area contributed by atoms with Gasteiger partial charge >= 0.3 is 6.18 Å². The summed E-state index contributed by atoms with van der Waals surface area (Å²) in [7, 11) is -4.26. The molecule has 0 atom stereocenters. The van der Waals surface area contributed by atoms with E-state index in [4.69, 9.17) is 5.11 Å². The number of halogens is 3. The number of aliphatic hydroxyl groups excluding tert-OH is 1. The Morgan fingerprint density at radius 1 is 1.26 bits per heavy atom. The fourth-order valence-electron chi connectivity index (χ4n) is 1.52. The van der Waals surface area contributed by atoms with E-state index in [2.05, 4.69) is 0 Å². The Labute approximate surface area is 109 Å². The van der Waals surface area contributed by atoms with Crippen molar-refractivity contribution >= 4 is 10.0 Å². The number of aryl methyl sites for hydroxylation is 1. The topological polar surface area (TPSA) is 66.4 Å². The summed E-state index contributed by atoms with van der Waals surface area (Å²) in [5.74, 6) is 0. The van der Waals surface area contributed by atoms with Crippen LogP contribution in [0.25, 0.3) is 0 Å². The molecule has 2 N–H and O–H groups in total. The van der Waals surface area contributed by atoms with Crippen LogP contribution in [0.15, 0.2) is 17.0 Å². The molecule has 1 aromatic rings. The molecule has 0 heterocycles. The summed E-state index contributed by atoms with van der Waals surface area (Å²) in [5, 5.41) is 9.01. The lowest BCUT2D eigenvalue weighted by molar-refractivity contribution is -0.121. The van der Waals surface area contributed by atoms with Crippen molar-refractivity contribution in [2.45, 2.75) is 31.5 Å². The Kier molecular flexibility index (Phi) is 4.59. The van der Waals surface area contributed by atoms with Crippen molar-refractivity contribution in [2.75, 3.05) is 6.54 Å². The van der Waals surface area contributed by atoms with Crippen LogP contribution in [-0.2, 0) is 16.6 Å². The second-order valence-electron chi connectivity index (χ2n) is 4.13. The number of hydrogen-bond acceptors (Lipinski definition) is 3. The zero-order valence-electron chi connectivity index (χ0n) is 10.4. The number of nitrogens with one attached hydrogen (secondary N) is 1. The summed E-state index contributed by atoms with van der Waals surface area (Å²) in [6.07, 6.45) is -4.62. The van der Waals surface area contributed by atoms with Gasteiger partial charge in [0.25, 0.3) is 0 Å². The molecule has 0 saturated heterocycles. The van der Waals surface area contributed by atoms with E-state index in [1.165, 1.54) is 17.7 Å². The van der Waals surface area contributed by atoms with Crippen molar-refractivity contribution in [3.8, 4) is 0 Å². The molecule has 4 nitrogen and oxygen atoms in total. The third-order valence-electron chi connectivity index (χ3n) is 2.61. The maximum atomic E-state index is 12.1. The minimum absolute atomic E-state index is 0.249. The van der Waals surface area contributed by atoms with Crippen LogP contribution in [0.3, 0.4) is 0 Å². The van der Waals surface area contributed by atoms with Crippen molar-refractivity contribution in [3.63, 3.8) is 0 Å². The first-order chi connectivity index (χ1) is 8.57. The fourth-order valence-corrected chi connectivity index (χ4v) is 2.90. The van der Waals surface area contributed by atoms with Gasteiger partial charge in [0.1, 0.15) is 6.54 Å². The fraction of sp³-hybridized carbons (Fsp3) is 0.455. The third-order valence-corrected chi connectivity index (χ3v) is 4.14. The van der Waals surface area contributed by atoms with Gasteiger partial charge in [0, 0.05) is 0 Å². The first kappa shape index (κ1) is 15.9.